The summed E-state index contributed by atoms with van der Waals surface area (Å²) in [6.07, 6.45) is 10.3. The first-order valence-corrected chi connectivity index (χ1v) is 16.8. The number of hydrogen-bond donors (Lipinski definition) is 1. The van der Waals surface area contributed by atoms with Crippen molar-refractivity contribution in [1.82, 2.24) is 15.1 Å². The Kier molecular flexibility index (Phi) is 8.11. The zero-order chi connectivity index (χ0) is 28.8. The van der Waals surface area contributed by atoms with Gasteiger partial charge in [0, 0.05) is 49.9 Å². The molecule has 4 bridgehead atoms. The Morgan fingerprint density at radius 1 is 1.00 bits per heavy atom. The van der Waals surface area contributed by atoms with Crippen molar-refractivity contribution in [3.8, 4) is 22.8 Å². The van der Waals surface area contributed by atoms with Crippen molar-refractivity contribution in [2.24, 2.45) is 23.7 Å². The average molecular weight is 608 g/mol. The number of thioether (sulfide) groups is 1. The summed E-state index contributed by atoms with van der Waals surface area (Å²) in [5.74, 6) is 5.89. The SMILES string of the molecule is COc1cc(OC)cc(-c2cc(CCCN3CCNCC3)c(C=C3SC(=S)N(C4C5CC6CC(C5)CC4C6)C3=O)o2)c1. The van der Waals surface area contributed by atoms with E-state index in [1.165, 1.54) is 43.9 Å². The Bertz CT molecular complexity index is 1330. The molecule has 0 radical (unpaired) electrons. The number of rotatable bonds is 9. The maximum atomic E-state index is 14.0. The molecule has 6 fully saturated rings. The van der Waals surface area contributed by atoms with E-state index in [4.69, 9.17) is 26.1 Å². The molecule has 6 aliphatic rings. The largest absolute Gasteiger partial charge is 0.497 e. The number of carbonyl (C=O) groups is 1. The molecule has 4 saturated carbocycles. The van der Waals surface area contributed by atoms with Crippen molar-refractivity contribution >= 4 is 40.3 Å². The maximum Gasteiger partial charge on any atom is 0.266 e. The van der Waals surface area contributed by atoms with Crippen molar-refractivity contribution in [3.05, 3.63) is 40.5 Å². The molecule has 0 unspecified atom stereocenters. The van der Waals surface area contributed by atoms with Crippen LogP contribution in [-0.4, -0.2) is 73.0 Å². The van der Waals surface area contributed by atoms with E-state index < -0.39 is 0 Å². The second-order valence-corrected chi connectivity index (χ2v) is 14.4. The molecule has 1 aromatic carbocycles. The fraction of sp³-hybridized carbons (Fsp3) is 0.576. The highest BCUT2D eigenvalue weighted by atomic mass is 32.2. The molecular weight excluding hydrogens is 567 g/mol. The molecule has 8 rings (SSSR count). The number of ether oxygens (including phenoxy) is 2. The van der Waals surface area contributed by atoms with Gasteiger partial charge in [0.2, 0.25) is 0 Å². The molecule has 0 atom stereocenters. The minimum absolute atomic E-state index is 0.0650. The van der Waals surface area contributed by atoms with Crippen LogP contribution in [0.1, 0.15) is 49.8 Å². The third-order valence-corrected chi connectivity index (χ3v) is 11.5. The predicted molar refractivity (Wildman–Crippen MR) is 171 cm³/mol. The van der Waals surface area contributed by atoms with E-state index in [1.807, 2.05) is 29.2 Å². The molecule has 42 heavy (non-hydrogen) atoms. The van der Waals surface area contributed by atoms with Gasteiger partial charge < -0.3 is 24.1 Å². The number of methoxy groups -OCH3 is 2. The minimum atomic E-state index is 0.0650. The molecule has 2 saturated heterocycles. The summed E-state index contributed by atoms with van der Waals surface area (Å²) in [5, 5.41) is 3.43. The first-order chi connectivity index (χ1) is 20.5. The molecule has 1 aromatic heterocycles. The number of thiocarbonyl (C=S) groups is 1. The van der Waals surface area contributed by atoms with Gasteiger partial charge in [-0.2, -0.15) is 0 Å². The Morgan fingerprint density at radius 2 is 1.67 bits per heavy atom. The van der Waals surface area contributed by atoms with Gasteiger partial charge in [0.25, 0.3) is 5.91 Å². The van der Waals surface area contributed by atoms with Gasteiger partial charge in [0.1, 0.15) is 27.3 Å². The van der Waals surface area contributed by atoms with Gasteiger partial charge in [-0.15, -0.1) is 0 Å². The van der Waals surface area contributed by atoms with Gasteiger partial charge in [0.05, 0.1) is 19.1 Å². The van der Waals surface area contributed by atoms with Gasteiger partial charge in [-0.1, -0.05) is 24.0 Å². The Labute approximate surface area is 258 Å². The number of furan rings is 1. The number of piperazine rings is 1. The van der Waals surface area contributed by atoms with E-state index in [1.54, 1.807) is 14.2 Å². The number of benzene rings is 1. The summed E-state index contributed by atoms with van der Waals surface area (Å²) >= 11 is 7.33. The van der Waals surface area contributed by atoms with Crippen LogP contribution in [0.3, 0.4) is 0 Å². The summed E-state index contributed by atoms with van der Waals surface area (Å²) in [6, 6.07) is 8.17. The lowest BCUT2D eigenvalue weighted by Crippen LogP contribution is -2.57. The number of nitrogens with one attached hydrogen (secondary N) is 1. The van der Waals surface area contributed by atoms with Crippen molar-refractivity contribution in [2.45, 2.75) is 51.0 Å². The van der Waals surface area contributed by atoms with Crippen molar-refractivity contribution in [2.75, 3.05) is 46.9 Å². The van der Waals surface area contributed by atoms with Crippen LogP contribution < -0.4 is 14.8 Å². The van der Waals surface area contributed by atoms with Gasteiger partial charge in [-0.05, 0) is 98.9 Å². The van der Waals surface area contributed by atoms with Crippen molar-refractivity contribution < 1.29 is 18.7 Å². The van der Waals surface area contributed by atoms with Gasteiger partial charge in [-0.3, -0.25) is 9.69 Å². The Morgan fingerprint density at radius 3 is 2.31 bits per heavy atom. The van der Waals surface area contributed by atoms with Crippen molar-refractivity contribution in [3.63, 3.8) is 0 Å². The van der Waals surface area contributed by atoms with Crippen LogP contribution in [0.2, 0.25) is 0 Å². The van der Waals surface area contributed by atoms with Crippen LogP contribution in [0.25, 0.3) is 17.4 Å². The quantitative estimate of drug-likeness (QED) is 0.282. The standard InChI is InChI=1S/C33H41N3O4S2/c1-38-26-15-23(16-27(18-26)39-2)28-17-22(4-3-7-35-8-5-34-6-9-35)29(40-28)19-30-32(37)36(33(41)42-30)31-24-11-20-10-21(13-24)14-25(31)12-20/h15-21,24-25,31,34H,3-14H2,1-2H3. The first kappa shape index (κ1) is 28.4. The van der Waals surface area contributed by atoms with E-state index in [0.29, 0.717) is 32.6 Å². The van der Waals surface area contributed by atoms with E-state index in [0.717, 1.165) is 80.0 Å². The molecule has 4 aliphatic carbocycles. The normalized spacial score (nSPS) is 30.1. The molecule has 9 heteroatoms. The molecule has 1 N–H and O–H groups in total. The van der Waals surface area contributed by atoms with Crippen LogP contribution in [-0.2, 0) is 11.2 Å². The fourth-order valence-electron chi connectivity index (χ4n) is 8.45. The van der Waals surface area contributed by atoms with Crippen LogP contribution in [0, 0.1) is 23.7 Å². The first-order valence-electron chi connectivity index (χ1n) is 15.6. The molecule has 7 nitrogen and oxygen atoms in total. The molecule has 2 aromatic rings. The molecule has 2 aliphatic heterocycles. The molecule has 224 valence electrons. The number of hydrogen-bond acceptors (Lipinski definition) is 8. The number of nitrogens with zero attached hydrogens (tertiary/aromatic N) is 2. The summed E-state index contributed by atoms with van der Waals surface area (Å²) in [7, 11) is 3.30. The van der Waals surface area contributed by atoms with Crippen LogP contribution in [0.15, 0.2) is 33.6 Å². The zero-order valence-electron chi connectivity index (χ0n) is 24.6. The number of aryl methyl sites for hydroxylation is 1. The number of amides is 1. The minimum Gasteiger partial charge on any atom is -0.497 e. The second kappa shape index (κ2) is 12.0. The third kappa shape index (κ3) is 5.53. The molecule has 1 amide bonds. The van der Waals surface area contributed by atoms with Crippen LogP contribution >= 0.6 is 24.0 Å². The van der Waals surface area contributed by atoms with Crippen LogP contribution in [0.4, 0.5) is 0 Å². The summed E-state index contributed by atoms with van der Waals surface area (Å²) < 4.78 is 18.3. The lowest BCUT2D eigenvalue weighted by atomic mass is 9.54. The maximum absolute atomic E-state index is 14.0. The highest BCUT2D eigenvalue weighted by Gasteiger charge is 2.53. The highest BCUT2D eigenvalue weighted by Crippen LogP contribution is 2.56. The van der Waals surface area contributed by atoms with Gasteiger partial charge >= 0.3 is 0 Å². The van der Waals surface area contributed by atoms with Crippen LogP contribution in [0.5, 0.6) is 11.5 Å². The average Bonchev–Trinajstić information content (AvgIpc) is 3.52. The highest BCUT2D eigenvalue weighted by molar-refractivity contribution is 8.26. The lowest BCUT2D eigenvalue weighted by molar-refractivity contribution is -0.130. The smallest absolute Gasteiger partial charge is 0.266 e. The number of carbonyl (C=O) groups excluding carboxylic acids is 1. The molecule has 0 spiro atoms. The summed E-state index contributed by atoms with van der Waals surface area (Å²) in [5.41, 5.74) is 2.00. The summed E-state index contributed by atoms with van der Waals surface area (Å²) in [4.78, 5) is 19.2. The Balaban J connectivity index is 1.17. The topological polar surface area (TPSA) is 67.2 Å². The van der Waals surface area contributed by atoms with Crippen molar-refractivity contribution in [1.29, 1.82) is 0 Å². The molecular formula is C33H41N3O4S2. The van der Waals surface area contributed by atoms with Gasteiger partial charge in [-0.25, -0.2) is 0 Å². The zero-order valence-corrected chi connectivity index (χ0v) is 26.2. The fourth-order valence-corrected chi connectivity index (χ4v) is 9.77. The van der Waals surface area contributed by atoms with Gasteiger partial charge in [0.15, 0.2) is 0 Å². The van der Waals surface area contributed by atoms with E-state index in [-0.39, 0.29) is 11.9 Å². The lowest BCUT2D eigenvalue weighted by Gasteiger charge is -2.56. The predicted octanol–water partition coefficient (Wildman–Crippen LogP) is 5.83. The summed E-state index contributed by atoms with van der Waals surface area (Å²) in [6.45, 7) is 5.30. The van der Waals surface area contributed by atoms with E-state index in [2.05, 4.69) is 16.3 Å². The van der Waals surface area contributed by atoms with E-state index in [9.17, 15) is 4.79 Å². The van der Waals surface area contributed by atoms with E-state index >= 15 is 0 Å². The monoisotopic (exact) mass is 607 g/mol. The third-order valence-electron chi connectivity index (χ3n) is 10.2. The second-order valence-electron chi connectivity index (χ2n) is 12.8. The molecule has 3 heterocycles. The Hall–Kier alpha value is -2.33.